The van der Waals surface area contributed by atoms with Crippen LogP contribution in [0.5, 0.6) is 0 Å². The molecule has 0 aliphatic carbocycles. The van der Waals surface area contributed by atoms with E-state index >= 15 is 0 Å². The molecule has 2 rings (SSSR count). The van der Waals surface area contributed by atoms with E-state index in [2.05, 4.69) is 48.8 Å². The molecule has 0 radical (unpaired) electrons. The molecular formula is C13H10BrIN2O. The second-order valence-electron chi connectivity index (χ2n) is 3.74. The van der Waals surface area contributed by atoms with E-state index in [1.54, 1.807) is 18.3 Å². The third-order valence-corrected chi connectivity index (χ3v) is 4.14. The lowest BCUT2D eigenvalue weighted by atomic mass is 10.2. The number of pyridine rings is 1. The molecule has 1 N–H and O–H groups in total. The monoisotopic (exact) mass is 416 g/mol. The first kappa shape index (κ1) is 13.5. The van der Waals surface area contributed by atoms with Crippen LogP contribution >= 0.6 is 38.5 Å². The molecule has 2 aromatic rings. The molecule has 1 amide bonds. The molecule has 0 atom stereocenters. The summed E-state index contributed by atoms with van der Waals surface area (Å²) in [5.41, 5.74) is 2.43. The summed E-state index contributed by atoms with van der Waals surface area (Å²) in [6, 6.07) is 9.30. The first-order valence-corrected chi connectivity index (χ1v) is 7.13. The zero-order valence-electron chi connectivity index (χ0n) is 9.58. The molecule has 0 spiro atoms. The van der Waals surface area contributed by atoms with Gasteiger partial charge in [0, 0.05) is 15.5 Å². The Balaban J connectivity index is 2.21. The number of hydrogen-bond acceptors (Lipinski definition) is 2. The number of carbonyl (C=O) groups excluding carboxylic acids is 1. The predicted octanol–water partition coefficient (Wildman–Crippen LogP) is 4.01. The fourth-order valence-corrected chi connectivity index (χ4v) is 2.18. The minimum Gasteiger partial charge on any atom is -0.322 e. The van der Waals surface area contributed by atoms with Gasteiger partial charge < -0.3 is 5.32 Å². The Labute approximate surface area is 127 Å². The number of benzene rings is 1. The summed E-state index contributed by atoms with van der Waals surface area (Å²) in [5.74, 6) is -0.153. The lowest BCUT2D eigenvalue weighted by Gasteiger charge is -2.09. The van der Waals surface area contributed by atoms with Crippen molar-refractivity contribution >= 4 is 50.1 Å². The van der Waals surface area contributed by atoms with E-state index in [1.165, 1.54) is 0 Å². The van der Waals surface area contributed by atoms with Crippen molar-refractivity contribution in [2.75, 3.05) is 5.32 Å². The van der Waals surface area contributed by atoms with Crippen molar-refractivity contribution in [3.8, 4) is 0 Å². The number of hydrogen-bond donors (Lipinski definition) is 1. The molecule has 1 aromatic carbocycles. The summed E-state index contributed by atoms with van der Waals surface area (Å²) < 4.78 is 1.84. The van der Waals surface area contributed by atoms with E-state index in [-0.39, 0.29) is 5.91 Å². The minimum absolute atomic E-state index is 0.153. The fraction of sp³-hybridized carbons (Fsp3) is 0.0769. The quantitative estimate of drug-likeness (QED) is 0.593. The molecule has 1 heterocycles. The SMILES string of the molecule is Cc1c(I)cccc1NC(=O)c1ccc(Br)nc1. The van der Waals surface area contributed by atoms with Gasteiger partial charge in [0.05, 0.1) is 5.56 Å². The number of halogens is 2. The van der Waals surface area contributed by atoms with Crippen LogP contribution < -0.4 is 5.32 Å². The van der Waals surface area contributed by atoms with Crippen LogP contribution in [0.2, 0.25) is 0 Å². The number of nitrogens with zero attached hydrogens (tertiary/aromatic N) is 1. The Morgan fingerprint density at radius 3 is 2.78 bits per heavy atom. The highest BCUT2D eigenvalue weighted by Gasteiger charge is 2.09. The molecule has 92 valence electrons. The highest BCUT2D eigenvalue weighted by molar-refractivity contribution is 14.1. The highest BCUT2D eigenvalue weighted by Crippen LogP contribution is 2.21. The van der Waals surface area contributed by atoms with E-state index in [1.807, 2.05) is 25.1 Å². The lowest BCUT2D eigenvalue weighted by molar-refractivity contribution is 0.102. The smallest absolute Gasteiger partial charge is 0.257 e. The van der Waals surface area contributed by atoms with Crippen molar-refractivity contribution < 1.29 is 4.79 Å². The van der Waals surface area contributed by atoms with Gasteiger partial charge in [0.1, 0.15) is 4.60 Å². The molecule has 0 saturated carbocycles. The van der Waals surface area contributed by atoms with Crippen molar-refractivity contribution in [3.63, 3.8) is 0 Å². The molecular weight excluding hydrogens is 407 g/mol. The maximum Gasteiger partial charge on any atom is 0.257 e. The largest absolute Gasteiger partial charge is 0.322 e. The molecule has 0 bridgehead atoms. The van der Waals surface area contributed by atoms with Crippen LogP contribution in [0.3, 0.4) is 0 Å². The van der Waals surface area contributed by atoms with Crippen LogP contribution in [0, 0.1) is 10.5 Å². The van der Waals surface area contributed by atoms with Crippen molar-refractivity contribution in [2.24, 2.45) is 0 Å². The van der Waals surface area contributed by atoms with Gasteiger partial charge in [-0.25, -0.2) is 4.98 Å². The van der Waals surface area contributed by atoms with E-state index in [4.69, 9.17) is 0 Å². The zero-order chi connectivity index (χ0) is 13.1. The van der Waals surface area contributed by atoms with E-state index in [0.29, 0.717) is 10.2 Å². The molecule has 0 saturated heterocycles. The number of anilines is 1. The standard InChI is InChI=1S/C13H10BrIN2O/c1-8-10(15)3-2-4-11(8)17-13(18)9-5-6-12(14)16-7-9/h2-7H,1H3,(H,17,18). The van der Waals surface area contributed by atoms with Crippen LogP contribution in [0.15, 0.2) is 41.1 Å². The molecule has 0 unspecified atom stereocenters. The van der Waals surface area contributed by atoms with Crippen molar-refractivity contribution in [3.05, 3.63) is 55.8 Å². The van der Waals surface area contributed by atoms with E-state index < -0.39 is 0 Å². The molecule has 18 heavy (non-hydrogen) atoms. The first-order valence-electron chi connectivity index (χ1n) is 5.26. The second kappa shape index (κ2) is 5.79. The lowest BCUT2D eigenvalue weighted by Crippen LogP contribution is -2.13. The first-order chi connectivity index (χ1) is 8.58. The summed E-state index contributed by atoms with van der Waals surface area (Å²) in [6.45, 7) is 1.98. The average Bonchev–Trinajstić information content (AvgIpc) is 2.36. The van der Waals surface area contributed by atoms with E-state index in [9.17, 15) is 4.79 Å². The maximum atomic E-state index is 12.0. The third-order valence-electron chi connectivity index (χ3n) is 2.51. The third kappa shape index (κ3) is 3.08. The Bertz CT molecular complexity index is 584. The molecule has 3 nitrogen and oxygen atoms in total. The number of rotatable bonds is 2. The van der Waals surface area contributed by atoms with Crippen molar-refractivity contribution in [2.45, 2.75) is 6.92 Å². The van der Waals surface area contributed by atoms with Crippen LogP contribution in [-0.4, -0.2) is 10.9 Å². The van der Waals surface area contributed by atoms with Crippen molar-refractivity contribution in [1.82, 2.24) is 4.98 Å². The van der Waals surface area contributed by atoms with Crippen molar-refractivity contribution in [1.29, 1.82) is 0 Å². The highest BCUT2D eigenvalue weighted by atomic mass is 127. The second-order valence-corrected chi connectivity index (χ2v) is 5.71. The van der Waals surface area contributed by atoms with Gasteiger partial charge in [-0.2, -0.15) is 0 Å². The van der Waals surface area contributed by atoms with Crippen LogP contribution in [0.25, 0.3) is 0 Å². The minimum atomic E-state index is -0.153. The number of nitrogens with one attached hydrogen (secondary N) is 1. The van der Waals surface area contributed by atoms with E-state index in [0.717, 1.165) is 14.8 Å². The molecule has 1 aromatic heterocycles. The Kier molecular flexibility index (Phi) is 4.34. The zero-order valence-corrected chi connectivity index (χ0v) is 13.3. The Morgan fingerprint density at radius 1 is 1.33 bits per heavy atom. The summed E-state index contributed by atoms with van der Waals surface area (Å²) in [7, 11) is 0. The van der Waals surface area contributed by atoms with Gasteiger partial charge in [0.25, 0.3) is 5.91 Å². The summed E-state index contributed by atoms with van der Waals surface area (Å²) in [6.07, 6.45) is 1.54. The van der Waals surface area contributed by atoms with Crippen LogP contribution in [-0.2, 0) is 0 Å². The van der Waals surface area contributed by atoms with Gasteiger partial charge in [-0.1, -0.05) is 6.07 Å². The Hall–Kier alpha value is -0.950. The summed E-state index contributed by atoms with van der Waals surface area (Å²) in [4.78, 5) is 16.1. The molecule has 0 fully saturated rings. The normalized spacial score (nSPS) is 10.2. The van der Waals surface area contributed by atoms with Crippen LogP contribution in [0.1, 0.15) is 15.9 Å². The number of aromatic nitrogens is 1. The van der Waals surface area contributed by atoms with Gasteiger partial charge in [-0.05, 0) is 75.3 Å². The number of carbonyl (C=O) groups is 1. The average molecular weight is 417 g/mol. The fourth-order valence-electron chi connectivity index (χ4n) is 1.45. The predicted molar refractivity (Wildman–Crippen MR) is 83.8 cm³/mol. The molecule has 0 aliphatic rings. The van der Waals surface area contributed by atoms with Gasteiger partial charge in [0.2, 0.25) is 0 Å². The Morgan fingerprint density at radius 2 is 2.11 bits per heavy atom. The summed E-state index contributed by atoms with van der Waals surface area (Å²) in [5, 5.41) is 2.89. The van der Waals surface area contributed by atoms with Gasteiger partial charge in [-0.3, -0.25) is 4.79 Å². The van der Waals surface area contributed by atoms with Gasteiger partial charge in [0.15, 0.2) is 0 Å². The molecule has 5 heteroatoms. The van der Waals surface area contributed by atoms with Crippen LogP contribution in [0.4, 0.5) is 5.69 Å². The topological polar surface area (TPSA) is 42.0 Å². The maximum absolute atomic E-state index is 12.0. The van der Waals surface area contributed by atoms with Gasteiger partial charge >= 0.3 is 0 Å². The summed E-state index contributed by atoms with van der Waals surface area (Å²) >= 11 is 5.48. The molecule has 0 aliphatic heterocycles. The van der Waals surface area contributed by atoms with Gasteiger partial charge in [-0.15, -0.1) is 0 Å². The number of amides is 1.